The lowest BCUT2D eigenvalue weighted by atomic mass is 10.5. The Bertz CT molecular complexity index is 72.1. The Morgan fingerprint density at radius 2 is 2.71 bits per heavy atom. The number of ether oxygens (including phenoxy) is 1. The number of methoxy groups -OCH3 is 1. The highest BCUT2D eigenvalue weighted by molar-refractivity contribution is 8.04. The van der Waals surface area contributed by atoms with E-state index in [-0.39, 0.29) is 0 Å². The first-order chi connectivity index (χ1) is 3.43. The lowest BCUT2D eigenvalue weighted by Gasteiger charge is -1.99. The van der Waals surface area contributed by atoms with E-state index < -0.39 is 0 Å². The first-order valence-electron chi connectivity index (χ1n) is 2.15. The predicted molar refractivity (Wildman–Crippen MR) is 31.6 cm³/mol. The van der Waals surface area contributed by atoms with Gasteiger partial charge in [0.2, 0.25) is 0 Å². The van der Waals surface area contributed by atoms with Crippen LogP contribution in [0.3, 0.4) is 0 Å². The van der Waals surface area contributed by atoms with Crippen LogP contribution in [-0.2, 0) is 4.74 Å². The van der Waals surface area contributed by atoms with Gasteiger partial charge in [0.1, 0.15) is 0 Å². The first-order valence-corrected chi connectivity index (χ1v) is 3.03. The topological polar surface area (TPSA) is 9.23 Å². The van der Waals surface area contributed by atoms with Crippen molar-refractivity contribution in [2.45, 2.75) is 6.42 Å². The molecule has 0 aromatic rings. The van der Waals surface area contributed by atoms with E-state index in [0.29, 0.717) is 0 Å². The van der Waals surface area contributed by atoms with Crippen LogP contribution in [-0.4, -0.2) is 7.11 Å². The second-order valence-electron chi connectivity index (χ2n) is 1.27. The molecule has 1 nitrogen and oxygen atoms in total. The van der Waals surface area contributed by atoms with Gasteiger partial charge in [-0.2, -0.15) is 0 Å². The fourth-order valence-corrected chi connectivity index (χ4v) is 1.08. The Morgan fingerprint density at radius 3 is 3.00 bits per heavy atom. The van der Waals surface area contributed by atoms with Gasteiger partial charge in [-0.1, -0.05) is 17.8 Å². The molecule has 0 aliphatic carbocycles. The number of thioether (sulfide) groups is 1. The molecule has 1 rings (SSSR count). The molecule has 0 atom stereocenters. The number of hydrogen-bond donors (Lipinski definition) is 0. The molecule has 1 heterocycles. The van der Waals surface area contributed by atoms with Crippen molar-refractivity contribution in [2.75, 3.05) is 7.11 Å². The molecule has 0 fully saturated rings. The summed E-state index contributed by atoms with van der Waals surface area (Å²) in [4.78, 5) is 0. The van der Waals surface area contributed by atoms with Crippen LogP contribution in [0.4, 0.5) is 0 Å². The average molecular weight is 115 g/mol. The average Bonchev–Trinajstić information content (AvgIpc) is 2.14. The highest BCUT2D eigenvalue weighted by Crippen LogP contribution is 2.30. The summed E-state index contributed by atoms with van der Waals surface area (Å²) in [5, 5.41) is 2.04. The lowest BCUT2D eigenvalue weighted by Crippen LogP contribution is -1.85. The van der Waals surface area contributed by atoms with Gasteiger partial charge in [-0.3, -0.25) is 0 Å². The van der Waals surface area contributed by atoms with Crippen molar-refractivity contribution in [1.82, 2.24) is 0 Å². The van der Waals surface area contributed by atoms with Gasteiger partial charge in [0.25, 0.3) is 0 Å². The molecule has 39 valence electrons. The van der Waals surface area contributed by atoms with Crippen molar-refractivity contribution in [3.05, 3.63) is 16.9 Å². The molecule has 2 heteroatoms. The van der Waals surface area contributed by atoms with Crippen LogP contribution < -0.4 is 0 Å². The molecule has 7 heavy (non-hydrogen) atoms. The first kappa shape index (κ1) is 5.19. The SMILES string of the molecule is CO[C]1CC=CS1. The molecule has 0 saturated carbocycles. The maximum absolute atomic E-state index is 4.93. The van der Waals surface area contributed by atoms with Crippen LogP contribution in [0, 0.1) is 5.44 Å². The van der Waals surface area contributed by atoms with Gasteiger partial charge in [-0.25, -0.2) is 0 Å². The third kappa shape index (κ3) is 1.21. The smallest absolute Gasteiger partial charge is 0.159 e. The summed E-state index contributed by atoms with van der Waals surface area (Å²) in [5.74, 6) is 0. The van der Waals surface area contributed by atoms with Crippen LogP contribution in [0.25, 0.3) is 0 Å². The number of rotatable bonds is 1. The monoisotopic (exact) mass is 115 g/mol. The maximum Gasteiger partial charge on any atom is 0.159 e. The van der Waals surface area contributed by atoms with E-state index in [9.17, 15) is 0 Å². The molecule has 0 aromatic heterocycles. The molecule has 0 unspecified atom stereocenters. The highest BCUT2D eigenvalue weighted by atomic mass is 32.2. The van der Waals surface area contributed by atoms with Crippen LogP contribution in [0.5, 0.6) is 0 Å². The molecule has 0 aromatic carbocycles. The minimum Gasteiger partial charge on any atom is -0.363 e. The van der Waals surface area contributed by atoms with Crippen molar-refractivity contribution in [3.8, 4) is 0 Å². The van der Waals surface area contributed by atoms with Crippen LogP contribution >= 0.6 is 11.8 Å². The van der Waals surface area contributed by atoms with E-state index in [2.05, 4.69) is 6.08 Å². The maximum atomic E-state index is 4.93. The molecule has 0 bridgehead atoms. The molecule has 1 radical (unpaired) electrons. The minimum absolute atomic E-state index is 0.987. The predicted octanol–water partition coefficient (Wildman–Crippen LogP) is 1.77. The molecule has 1 aliphatic rings. The fraction of sp³-hybridized carbons (Fsp3) is 0.400. The third-order valence-electron chi connectivity index (χ3n) is 0.808. The van der Waals surface area contributed by atoms with Crippen molar-refractivity contribution in [3.63, 3.8) is 0 Å². The molecular formula is C5H7OS. The van der Waals surface area contributed by atoms with Crippen molar-refractivity contribution >= 4 is 11.8 Å². The van der Waals surface area contributed by atoms with E-state index in [0.717, 1.165) is 11.9 Å². The molecule has 0 spiro atoms. The second kappa shape index (κ2) is 2.38. The summed E-state index contributed by atoms with van der Waals surface area (Å²) in [5.41, 5.74) is 1.10. The Labute approximate surface area is 47.7 Å². The fourth-order valence-electron chi connectivity index (χ4n) is 0.448. The Morgan fingerprint density at radius 1 is 1.86 bits per heavy atom. The molecule has 0 amide bonds. The zero-order valence-electron chi connectivity index (χ0n) is 4.18. The van der Waals surface area contributed by atoms with Crippen molar-refractivity contribution in [1.29, 1.82) is 0 Å². The molecular weight excluding hydrogens is 108 g/mol. The Hall–Kier alpha value is 0.0500. The Balaban J connectivity index is 2.22. The lowest BCUT2D eigenvalue weighted by molar-refractivity contribution is 0.257. The molecule has 1 aliphatic heterocycles. The summed E-state index contributed by atoms with van der Waals surface area (Å²) < 4.78 is 4.93. The van der Waals surface area contributed by atoms with Gasteiger partial charge in [0.15, 0.2) is 5.44 Å². The van der Waals surface area contributed by atoms with Gasteiger partial charge < -0.3 is 4.74 Å². The standard InChI is InChI=1S/C5H7OS/c1-6-5-3-2-4-7-5/h2,4H,3H2,1H3. The third-order valence-corrected chi connectivity index (χ3v) is 1.73. The van der Waals surface area contributed by atoms with Gasteiger partial charge in [0.05, 0.1) is 0 Å². The van der Waals surface area contributed by atoms with E-state index in [4.69, 9.17) is 4.74 Å². The molecule has 0 N–H and O–H groups in total. The van der Waals surface area contributed by atoms with E-state index >= 15 is 0 Å². The van der Waals surface area contributed by atoms with Gasteiger partial charge in [-0.05, 0) is 5.41 Å². The summed E-state index contributed by atoms with van der Waals surface area (Å²) in [6.07, 6.45) is 3.07. The van der Waals surface area contributed by atoms with E-state index in [1.807, 2.05) is 5.41 Å². The zero-order chi connectivity index (χ0) is 5.11. The summed E-state index contributed by atoms with van der Waals surface area (Å²) in [7, 11) is 1.70. The summed E-state index contributed by atoms with van der Waals surface area (Å²) in [6, 6.07) is 0. The molecule has 0 saturated heterocycles. The highest BCUT2D eigenvalue weighted by Gasteiger charge is 2.08. The van der Waals surface area contributed by atoms with E-state index in [1.165, 1.54) is 0 Å². The van der Waals surface area contributed by atoms with Crippen molar-refractivity contribution < 1.29 is 4.74 Å². The number of hydrogen-bond acceptors (Lipinski definition) is 2. The second-order valence-corrected chi connectivity index (χ2v) is 2.23. The van der Waals surface area contributed by atoms with Crippen molar-refractivity contribution in [2.24, 2.45) is 0 Å². The van der Waals surface area contributed by atoms with Crippen LogP contribution in [0.15, 0.2) is 11.5 Å². The Kier molecular flexibility index (Phi) is 1.77. The zero-order valence-corrected chi connectivity index (χ0v) is 4.99. The minimum atomic E-state index is 0.987. The van der Waals surface area contributed by atoms with Gasteiger partial charge >= 0.3 is 0 Å². The van der Waals surface area contributed by atoms with Gasteiger partial charge in [-0.15, -0.1) is 0 Å². The largest absolute Gasteiger partial charge is 0.363 e. The quantitative estimate of drug-likeness (QED) is 0.515. The normalized spacial score (nSPS) is 21.3. The van der Waals surface area contributed by atoms with Crippen LogP contribution in [0.1, 0.15) is 6.42 Å². The van der Waals surface area contributed by atoms with Crippen LogP contribution in [0.2, 0.25) is 0 Å². The van der Waals surface area contributed by atoms with E-state index in [1.54, 1.807) is 18.9 Å². The van der Waals surface area contributed by atoms with Gasteiger partial charge in [0, 0.05) is 13.5 Å². The summed E-state index contributed by atoms with van der Waals surface area (Å²) >= 11 is 1.66. The summed E-state index contributed by atoms with van der Waals surface area (Å²) in [6.45, 7) is 0.